The number of aromatic nitrogens is 3. The SMILES string of the molecule is CCc1nc(C(=O)NC2(CO)CCOCC2)n[nH]1. The van der Waals surface area contributed by atoms with Gasteiger partial charge in [0.2, 0.25) is 5.82 Å². The first-order valence-corrected chi connectivity index (χ1v) is 6.11. The molecule has 1 aromatic rings. The standard InChI is InChI=1S/C11H18N4O3/c1-2-8-12-9(15-14-8)10(17)13-11(7-16)3-5-18-6-4-11/h16H,2-7H2,1H3,(H,13,17)(H,12,14,15). The molecule has 1 saturated heterocycles. The summed E-state index contributed by atoms with van der Waals surface area (Å²) in [6.45, 7) is 2.90. The fourth-order valence-electron chi connectivity index (χ4n) is 1.94. The van der Waals surface area contributed by atoms with Crippen molar-refractivity contribution in [1.82, 2.24) is 20.5 Å². The first-order chi connectivity index (χ1) is 8.69. The van der Waals surface area contributed by atoms with E-state index in [2.05, 4.69) is 20.5 Å². The lowest BCUT2D eigenvalue weighted by Crippen LogP contribution is -2.54. The Hall–Kier alpha value is -1.47. The number of amides is 1. The summed E-state index contributed by atoms with van der Waals surface area (Å²) >= 11 is 0. The number of aryl methyl sites for hydroxylation is 1. The first-order valence-electron chi connectivity index (χ1n) is 6.11. The van der Waals surface area contributed by atoms with Gasteiger partial charge in [0.15, 0.2) is 0 Å². The zero-order valence-corrected chi connectivity index (χ0v) is 10.4. The molecule has 0 bridgehead atoms. The molecular weight excluding hydrogens is 236 g/mol. The van der Waals surface area contributed by atoms with E-state index in [4.69, 9.17) is 4.74 Å². The van der Waals surface area contributed by atoms with Crippen LogP contribution < -0.4 is 5.32 Å². The highest BCUT2D eigenvalue weighted by Crippen LogP contribution is 2.20. The van der Waals surface area contributed by atoms with Gasteiger partial charge in [0.25, 0.3) is 5.91 Å². The molecule has 1 aromatic heterocycles. The average Bonchev–Trinajstić information content (AvgIpc) is 2.88. The summed E-state index contributed by atoms with van der Waals surface area (Å²) in [5.41, 5.74) is -0.609. The Labute approximate surface area is 105 Å². The number of H-pyrrole nitrogens is 1. The second-order valence-corrected chi connectivity index (χ2v) is 4.46. The van der Waals surface area contributed by atoms with Crippen LogP contribution in [0.15, 0.2) is 0 Å². The molecule has 1 fully saturated rings. The maximum atomic E-state index is 12.0. The number of carbonyl (C=O) groups excluding carboxylic acids is 1. The van der Waals surface area contributed by atoms with Crippen molar-refractivity contribution in [3.63, 3.8) is 0 Å². The van der Waals surface area contributed by atoms with Gasteiger partial charge in [0, 0.05) is 19.6 Å². The Morgan fingerprint density at radius 1 is 1.56 bits per heavy atom. The van der Waals surface area contributed by atoms with Crippen LogP contribution in [0.3, 0.4) is 0 Å². The van der Waals surface area contributed by atoms with Crippen molar-refractivity contribution < 1.29 is 14.6 Å². The molecule has 3 N–H and O–H groups in total. The minimum absolute atomic E-state index is 0.104. The van der Waals surface area contributed by atoms with Crippen molar-refractivity contribution in [1.29, 1.82) is 0 Å². The molecule has 7 heteroatoms. The van der Waals surface area contributed by atoms with E-state index in [-0.39, 0.29) is 18.3 Å². The third-order valence-electron chi connectivity index (χ3n) is 3.20. The quantitative estimate of drug-likeness (QED) is 0.681. The van der Waals surface area contributed by atoms with Gasteiger partial charge in [-0.3, -0.25) is 9.89 Å². The van der Waals surface area contributed by atoms with Crippen molar-refractivity contribution >= 4 is 5.91 Å². The summed E-state index contributed by atoms with van der Waals surface area (Å²) < 4.78 is 5.24. The van der Waals surface area contributed by atoms with Gasteiger partial charge in [-0.1, -0.05) is 6.92 Å². The van der Waals surface area contributed by atoms with Crippen LogP contribution in [0.5, 0.6) is 0 Å². The smallest absolute Gasteiger partial charge is 0.291 e. The van der Waals surface area contributed by atoms with E-state index in [0.717, 1.165) is 0 Å². The van der Waals surface area contributed by atoms with Crippen LogP contribution in [0, 0.1) is 0 Å². The summed E-state index contributed by atoms with van der Waals surface area (Å²) in [7, 11) is 0. The van der Waals surface area contributed by atoms with Gasteiger partial charge >= 0.3 is 0 Å². The van der Waals surface area contributed by atoms with Crippen LogP contribution in [0.1, 0.15) is 36.2 Å². The van der Waals surface area contributed by atoms with Gasteiger partial charge in [-0.25, -0.2) is 4.98 Å². The van der Waals surface area contributed by atoms with Crippen LogP contribution in [0.2, 0.25) is 0 Å². The van der Waals surface area contributed by atoms with E-state index in [0.29, 0.717) is 38.3 Å². The van der Waals surface area contributed by atoms with Gasteiger partial charge in [-0.05, 0) is 12.8 Å². The third kappa shape index (κ3) is 2.68. The molecule has 0 aromatic carbocycles. The van der Waals surface area contributed by atoms with Crippen molar-refractivity contribution in [3.8, 4) is 0 Å². The van der Waals surface area contributed by atoms with Gasteiger partial charge in [0.05, 0.1) is 12.1 Å². The lowest BCUT2D eigenvalue weighted by molar-refractivity contribution is 0.0123. The third-order valence-corrected chi connectivity index (χ3v) is 3.20. The summed E-state index contributed by atoms with van der Waals surface area (Å²) in [5.74, 6) is 0.429. The molecule has 1 aliphatic heterocycles. The van der Waals surface area contributed by atoms with E-state index in [9.17, 15) is 9.90 Å². The number of nitrogens with one attached hydrogen (secondary N) is 2. The molecule has 18 heavy (non-hydrogen) atoms. The number of carbonyl (C=O) groups is 1. The summed E-state index contributed by atoms with van der Waals surface area (Å²) in [5, 5.41) is 18.8. The van der Waals surface area contributed by atoms with Crippen molar-refractivity contribution in [3.05, 3.63) is 11.6 Å². The van der Waals surface area contributed by atoms with E-state index >= 15 is 0 Å². The fourth-order valence-corrected chi connectivity index (χ4v) is 1.94. The van der Waals surface area contributed by atoms with Crippen LogP contribution in [0.25, 0.3) is 0 Å². The molecule has 2 heterocycles. The lowest BCUT2D eigenvalue weighted by atomic mass is 9.91. The van der Waals surface area contributed by atoms with Gasteiger partial charge in [0.1, 0.15) is 5.82 Å². The van der Waals surface area contributed by atoms with E-state index in [1.807, 2.05) is 6.92 Å². The number of rotatable bonds is 4. The molecule has 100 valence electrons. The zero-order valence-electron chi connectivity index (χ0n) is 10.4. The molecule has 0 aliphatic carbocycles. The Morgan fingerprint density at radius 2 is 2.28 bits per heavy atom. The number of aliphatic hydroxyl groups is 1. The Balaban J connectivity index is 2.04. The molecule has 0 unspecified atom stereocenters. The second-order valence-electron chi connectivity index (χ2n) is 4.46. The monoisotopic (exact) mass is 254 g/mol. The van der Waals surface area contributed by atoms with E-state index < -0.39 is 5.54 Å². The Morgan fingerprint density at radius 3 is 2.83 bits per heavy atom. The number of hydrogen-bond acceptors (Lipinski definition) is 5. The van der Waals surface area contributed by atoms with Crippen molar-refractivity contribution in [2.45, 2.75) is 31.7 Å². The van der Waals surface area contributed by atoms with Crippen LogP contribution in [-0.2, 0) is 11.2 Å². The first kappa shape index (κ1) is 13.0. The summed E-state index contributed by atoms with van der Waals surface area (Å²) in [6.07, 6.45) is 1.89. The molecule has 1 aliphatic rings. The van der Waals surface area contributed by atoms with Crippen LogP contribution >= 0.6 is 0 Å². The number of aliphatic hydroxyl groups excluding tert-OH is 1. The number of hydrogen-bond donors (Lipinski definition) is 3. The van der Waals surface area contributed by atoms with Crippen molar-refractivity contribution in [2.75, 3.05) is 19.8 Å². The van der Waals surface area contributed by atoms with E-state index in [1.54, 1.807) is 0 Å². The molecule has 0 spiro atoms. The summed E-state index contributed by atoms with van der Waals surface area (Å²) in [4.78, 5) is 16.1. The molecular formula is C11H18N4O3. The fraction of sp³-hybridized carbons (Fsp3) is 0.727. The molecule has 2 rings (SSSR count). The number of aromatic amines is 1. The molecule has 7 nitrogen and oxygen atoms in total. The minimum Gasteiger partial charge on any atom is -0.394 e. The predicted octanol–water partition coefficient (Wildman–Crippen LogP) is -0.362. The molecule has 0 radical (unpaired) electrons. The van der Waals surface area contributed by atoms with Crippen LogP contribution in [-0.4, -0.2) is 51.6 Å². The molecule has 0 saturated carbocycles. The maximum Gasteiger partial charge on any atom is 0.291 e. The zero-order chi connectivity index (χ0) is 13.0. The van der Waals surface area contributed by atoms with Gasteiger partial charge < -0.3 is 15.2 Å². The highest BCUT2D eigenvalue weighted by Gasteiger charge is 2.34. The molecule has 0 atom stereocenters. The van der Waals surface area contributed by atoms with Crippen LogP contribution in [0.4, 0.5) is 0 Å². The van der Waals surface area contributed by atoms with E-state index in [1.165, 1.54) is 0 Å². The topological polar surface area (TPSA) is 100 Å². The predicted molar refractivity (Wildman–Crippen MR) is 63.1 cm³/mol. The highest BCUT2D eigenvalue weighted by molar-refractivity contribution is 5.90. The summed E-state index contributed by atoms with van der Waals surface area (Å²) in [6, 6.07) is 0. The maximum absolute atomic E-state index is 12.0. The Bertz CT molecular complexity index is 412. The average molecular weight is 254 g/mol. The second kappa shape index (κ2) is 5.45. The van der Waals surface area contributed by atoms with Crippen molar-refractivity contribution in [2.24, 2.45) is 0 Å². The number of nitrogens with zero attached hydrogens (tertiary/aromatic N) is 2. The number of ether oxygens (including phenoxy) is 1. The Kier molecular flexibility index (Phi) is 3.93. The molecule has 1 amide bonds. The normalized spacial score (nSPS) is 18.6. The van der Waals surface area contributed by atoms with Gasteiger partial charge in [-0.2, -0.15) is 0 Å². The van der Waals surface area contributed by atoms with Gasteiger partial charge in [-0.15, -0.1) is 5.10 Å². The largest absolute Gasteiger partial charge is 0.394 e. The minimum atomic E-state index is -0.609. The highest BCUT2D eigenvalue weighted by atomic mass is 16.5. The lowest BCUT2D eigenvalue weighted by Gasteiger charge is -2.35.